The molecule has 3 aromatic rings. The third-order valence-electron chi connectivity index (χ3n) is 5.34. The highest BCUT2D eigenvalue weighted by Gasteiger charge is 2.10. The molecular weight excluding hydrogens is 384 g/mol. The van der Waals surface area contributed by atoms with Crippen molar-refractivity contribution in [1.82, 2.24) is 9.97 Å². The molecule has 1 aliphatic rings. The van der Waals surface area contributed by atoms with Gasteiger partial charge in [-0.05, 0) is 48.2 Å². The van der Waals surface area contributed by atoms with Crippen LogP contribution in [0.4, 0.5) is 11.5 Å². The molecule has 0 bridgehead atoms. The van der Waals surface area contributed by atoms with Crippen LogP contribution in [-0.2, 0) is 0 Å². The van der Waals surface area contributed by atoms with E-state index in [-0.39, 0.29) is 6.04 Å². The van der Waals surface area contributed by atoms with E-state index in [1.54, 1.807) is 19.5 Å². The third-order valence-corrected chi connectivity index (χ3v) is 5.34. The van der Waals surface area contributed by atoms with Crippen LogP contribution in [0, 0.1) is 5.92 Å². The molecule has 1 aliphatic carbocycles. The summed E-state index contributed by atoms with van der Waals surface area (Å²) in [5.74, 6) is 2.07. The van der Waals surface area contributed by atoms with Crippen molar-refractivity contribution in [2.75, 3.05) is 24.3 Å². The maximum Gasteiger partial charge on any atom is 0.145 e. The van der Waals surface area contributed by atoms with Gasteiger partial charge in [-0.2, -0.15) is 0 Å². The molecule has 1 aromatic heterocycles. The maximum absolute atomic E-state index is 5.32. The summed E-state index contributed by atoms with van der Waals surface area (Å²) in [5.41, 5.74) is 5.39. The lowest BCUT2D eigenvalue weighted by Gasteiger charge is -2.17. The number of aromatic nitrogens is 2. The lowest BCUT2D eigenvalue weighted by atomic mass is 10.1. The van der Waals surface area contributed by atoms with Crippen LogP contribution in [0.15, 0.2) is 84.7 Å². The Balaban J connectivity index is 1.44. The van der Waals surface area contributed by atoms with Crippen molar-refractivity contribution in [3.05, 3.63) is 90.3 Å². The van der Waals surface area contributed by atoms with Gasteiger partial charge in [0.05, 0.1) is 31.2 Å². The number of methoxy groups -OCH3 is 1. The van der Waals surface area contributed by atoms with E-state index in [4.69, 9.17) is 9.72 Å². The molecule has 0 spiro atoms. The Bertz CT molecular complexity index is 1110. The van der Waals surface area contributed by atoms with E-state index in [1.165, 1.54) is 11.1 Å². The van der Waals surface area contributed by atoms with Crippen LogP contribution in [-0.4, -0.2) is 23.6 Å². The highest BCUT2D eigenvalue weighted by atomic mass is 16.5. The van der Waals surface area contributed by atoms with E-state index in [0.29, 0.717) is 5.92 Å². The van der Waals surface area contributed by atoms with E-state index >= 15 is 0 Å². The first-order chi connectivity index (χ1) is 15.1. The van der Waals surface area contributed by atoms with Crippen molar-refractivity contribution in [2.24, 2.45) is 5.92 Å². The minimum atomic E-state index is 0.0854. The highest BCUT2D eigenvalue weighted by Crippen LogP contribution is 2.25. The van der Waals surface area contributed by atoms with Crippen LogP contribution >= 0.6 is 0 Å². The summed E-state index contributed by atoms with van der Waals surface area (Å²) in [7, 11) is 1.66. The first kappa shape index (κ1) is 20.7. The molecule has 0 saturated heterocycles. The number of nitrogens with one attached hydrogen (secondary N) is 2. The van der Waals surface area contributed by atoms with Gasteiger partial charge in [-0.3, -0.25) is 4.98 Å². The zero-order chi connectivity index (χ0) is 21.6. The van der Waals surface area contributed by atoms with E-state index in [9.17, 15) is 0 Å². The van der Waals surface area contributed by atoms with Crippen molar-refractivity contribution in [3.63, 3.8) is 0 Å². The Hall–Kier alpha value is -3.60. The summed E-state index contributed by atoms with van der Waals surface area (Å²) in [6, 6.07) is 16.4. The van der Waals surface area contributed by atoms with Gasteiger partial charge in [0.1, 0.15) is 11.6 Å². The normalized spacial score (nSPS) is 16.0. The summed E-state index contributed by atoms with van der Waals surface area (Å²) in [6.45, 7) is 5.16. The van der Waals surface area contributed by atoms with Gasteiger partial charge in [-0.25, -0.2) is 4.98 Å². The Morgan fingerprint density at radius 3 is 2.77 bits per heavy atom. The quantitative estimate of drug-likeness (QED) is 0.485. The Labute approximate surface area is 183 Å². The summed E-state index contributed by atoms with van der Waals surface area (Å²) < 4.78 is 5.32. The van der Waals surface area contributed by atoms with Crippen molar-refractivity contribution >= 4 is 11.5 Å². The SMILES string of the molecule is COc1cccc(-c2cncc(N[C@@H](C)c3cccc(NCC4=CC(C)C=C4)c3)n2)c1. The highest BCUT2D eigenvalue weighted by molar-refractivity contribution is 5.62. The standard InChI is InChI=1S/C26H28N4O/c1-18-10-11-20(12-18)15-28-23-8-4-6-21(13-23)19(2)29-26-17-27-16-25(30-26)22-7-5-9-24(14-22)31-3/h4-14,16-19,28H,15H2,1-3H3,(H,29,30)/t18?,19-/m0/s1. The Morgan fingerprint density at radius 2 is 1.97 bits per heavy atom. The van der Waals surface area contributed by atoms with Gasteiger partial charge in [0.25, 0.3) is 0 Å². The van der Waals surface area contributed by atoms with Gasteiger partial charge in [0.15, 0.2) is 0 Å². The number of allylic oxidation sites excluding steroid dienone is 2. The molecule has 0 saturated carbocycles. The molecule has 158 valence electrons. The van der Waals surface area contributed by atoms with Gasteiger partial charge in [0.2, 0.25) is 0 Å². The van der Waals surface area contributed by atoms with E-state index in [0.717, 1.165) is 35.1 Å². The number of ether oxygens (including phenoxy) is 1. The number of benzene rings is 2. The number of hydrogen-bond donors (Lipinski definition) is 2. The summed E-state index contributed by atoms with van der Waals surface area (Å²) in [5, 5.41) is 6.99. The van der Waals surface area contributed by atoms with Gasteiger partial charge < -0.3 is 15.4 Å². The molecule has 0 fully saturated rings. The molecule has 1 heterocycles. The van der Waals surface area contributed by atoms with Gasteiger partial charge in [-0.1, -0.05) is 49.4 Å². The van der Waals surface area contributed by atoms with Crippen molar-refractivity contribution in [3.8, 4) is 17.0 Å². The zero-order valence-corrected chi connectivity index (χ0v) is 18.2. The van der Waals surface area contributed by atoms with Crippen molar-refractivity contribution < 1.29 is 4.74 Å². The third kappa shape index (κ3) is 5.31. The molecule has 4 rings (SSSR count). The van der Waals surface area contributed by atoms with Crippen LogP contribution < -0.4 is 15.4 Å². The molecule has 1 unspecified atom stereocenters. The monoisotopic (exact) mass is 412 g/mol. The molecule has 31 heavy (non-hydrogen) atoms. The predicted molar refractivity (Wildman–Crippen MR) is 127 cm³/mol. The first-order valence-electron chi connectivity index (χ1n) is 10.6. The van der Waals surface area contributed by atoms with Gasteiger partial charge >= 0.3 is 0 Å². The Kier molecular flexibility index (Phi) is 6.32. The summed E-state index contributed by atoms with van der Waals surface area (Å²) in [6.07, 6.45) is 10.2. The molecule has 5 heteroatoms. The summed E-state index contributed by atoms with van der Waals surface area (Å²) in [4.78, 5) is 9.11. The lowest BCUT2D eigenvalue weighted by Crippen LogP contribution is -2.09. The van der Waals surface area contributed by atoms with Crippen molar-refractivity contribution in [2.45, 2.75) is 19.9 Å². The fraction of sp³-hybridized carbons (Fsp3) is 0.231. The number of anilines is 2. The minimum absolute atomic E-state index is 0.0854. The lowest BCUT2D eigenvalue weighted by molar-refractivity contribution is 0.415. The zero-order valence-electron chi connectivity index (χ0n) is 18.2. The van der Waals surface area contributed by atoms with Crippen LogP contribution in [0.25, 0.3) is 11.3 Å². The maximum atomic E-state index is 5.32. The fourth-order valence-corrected chi connectivity index (χ4v) is 3.63. The number of nitrogens with zero attached hydrogens (tertiary/aromatic N) is 2. The van der Waals surface area contributed by atoms with E-state index in [1.807, 2.05) is 24.3 Å². The molecule has 2 atom stereocenters. The van der Waals surface area contributed by atoms with Crippen LogP contribution in [0.3, 0.4) is 0 Å². The smallest absolute Gasteiger partial charge is 0.145 e. The largest absolute Gasteiger partial charge is 0.497 e. The molecule has 0 radical (unpaired) electrons. The van der Waals surface area contributed by atoms with E-state index in [2.05, 4.69) is 72.0 Å². The molecule has 0 aliphatic heterocycles. The topological polar surface area (TPSA) is 59.1 Å². The fourth-order valence-electron chi connectivity index (χ4n) is 3.63. The molecule has 5 nitrogen and oxygen atoms in total. The minimum Gasteiger partial charge on any atom is -0.497 e. The molecule has 2 aromatic carbocycles. The Morgan fingerprint density at radius 1 is 1.10 bits per heavy atom. The van der Waals surface area contributed by atoms with Gasteiger partial charge in [-0.15, -0.1) is 0 Å². The van der Waals surface area contributed by atoms with Crippen LogP contribution in [0.1, 0.15) is 25.5 Å². The van der Waals surface area contributed by atoms with Gasteiger partial charge in [0, 0.05) is 17.8 Å². The summed E-state index contributed by atoms with van der Waals surface area (Å²) >= 11 is 0. The first-order valence-corrected chi connectivity index (χ1v) is 10.6. The number of hydrogen-bond acceptors (Lipinski definition) is 5. The molecule has 0 amide bonds. The van der Waals surface area contributed by atoms with Crippen LogP contribution in [0.2, 0.25) is 0 Å². The predicted octanol–water partition coefficient (Wildman–Crippen LogP) is 5.87. The average molecular weight is 413 g/mol. The average Bonchev–Trinajstić information content (AvgIpc) is 3.23. The van der Waals surface area contributed by atoms with E-state index < -0.39 is 0 Å². The van der Waals surface area contributed by atoms with Crippen molar-refractivity contribution in [1.29, 1.82) is 0 Å². The second kappa shape index (κ2) is 9.47. The molecular formula is C26H28N4O. The molecule has 2 N–H and O–H groups in total. The second-order valence-corrected chi connectivity index (χ2v) is 7.83. The van der Waals surface area contributed by atoms with Crippen LogP contribution in [0.5, 0.6) is 5.75 Å². The second-order valence-electron chi connectivity index (χ2n) is 7.83. The number of rotatable bonds is 8.